The van der Waals surface area contributed by atoms with Crippen LogP contribution in [0.25, 0.3) is 0 Å². The number of hydrogen-bond acceptors (Lipinski definition) is 4. The Balaban J connectivity index is 2.54. The fraction of sp³-hybridized carbons (Fsp3) is 0.500. The Morgan fingerprint density at radius 3 is 2.73 bits per heavy atom. The summed E-state index contributed by atoms with van der Waals surface area (Å²) in [5, 5.41) is 28.7. The van der Waals surface area contributed by atoms with Gasteiger partial charge >= 0.3 is 0 Å². The summed E-state index contributed by atoms with van der Waals surface area (Å²) in [5.41, 5.74) is 0.580. The summed E-state index contributed by atoms with van der Waals surface area (Å²) in [7, 11) is 0. The summed E-state index contributed by atoms with van der Waals surface area (Å²) < 4.78 is 0. The van der Waals surface area contributed by atoms with Crippen LogP contribution in [-0.4, -0.2) is 40.2 Å². The van der Waals surface area contributed by atoms with E-state index < -0.39 is 18.9 Å². The lowest BCUT2D eigenvalue weighted by Crippen LogP contribution is -2.46. The van der Waals surface area contributed by atoms with E-state index in [9.17, 15) is 4.79 Å². The molecular weight excluding hydrogens is 198 g/mol. The van der Waals surface area contributed by atoms with Crippen molar-refractivity contribution in [2.24, 2.45) is 0 Å². The van der Waals surface area contributed by atoms with E-state index in [1.807, 2.05) is 6.08 Å². The summed E-state index contributed by atoms with van der Waals surface area (Å²) in [4.78, 5) is 11.5. The monoisotopic (exact) mass is 213 g/mol. The molecule has 0 spiro atoms. The van der Waals surface area contributed by atoms with Gasteiger partial charge in [0.15, 0.2) is 6.29 Å². The molecule has 0 fully saturated rings. The molecule has 0 aliphatic heterocycles. The minimum absolute atomic E-state index is 0.369. The van der Waals surface area contributed by atoms with Crippen LogP contribution >= 0.6 is 0 Å². The second kappa shape index (κ2) is 5.65. The molecule has 4 N–H and O–H groups in total. The average Bonchev–Trinajstić information content (AvgIpc) is 2.26. The van der Waals surface area contributed by atoms with Gasteiger partial charge in [-0.1, -0.05) is 18.2 Å². The van der Waals surface area contributed by atoms with Crippen molar-refractivity contribution in [2.75, 3.05) is 6.61 Å². The molecule has 15 heavy (non-hydrogen) atoms. The van der Waals surface area contributed by atoms with E-state index in [2.05, 4.69) is 5.32 Å². The van der Waals surface area contributed by atoms with Gasteiger partial charge in [0.1, 0.15) is 6.04 Å². The topological polar surface area (TPSA) is 89.8 Å². The maximum atomic E-state index is 11.5. The predicted octanol–water partition coefficient (Wildman–Crippen LogP) is -0.949. The Morgan fingerprint density at radius 1 is 1.53 bits per heavy atom. The molecule has 1 unspecified atom stereocenters. The lowest BCUT2D eigenvalue weighted by Gasteiger charge is -2.19. The normalized spacial score (nSPS) is 17.5. The van der Waals surface area contributed by atoms with Crippen molar-refractivity contribution < 1.29 is 20.1 Å². The quantitative estimate of drug-likeness (QED) is 0.453. The molecule has 1 rings (SSSR count). The summed E-state index contributed by atoms with van der Waals surface area (Å²) in [6.07, 6.45) is 5.07. The van der Waals surface area contributed by atoms with Gasteiger partial charge in [-0.2, -0.15) is 0 Å². The molecule has 0 aromatic carbocycles. The van der Waals surface area contributed by atoms with Crippen LogP contribution in [0.3, 0.4) is 0 Å². The standard InChI is InChI=1S/C10H15NO4/c12-6-8(10(14)15)11-9(13)7-4-2-1-3-5-7/h1-2,4,8,10,12,14-15H,3,5-6H2,(H,11,13). The lowest BCUT2D eigenvalue weighted by molar-refractivity contribution is -0.125. The van der Waals surface area contributed by atoms with Gasteiger partial charge in [0.05, 0.1) is 6.61 Å². The second-order valence-corrected chi connectivity index (χ2v) is 3.33. The number of aliphatic hydroxyl groups excluding tert-OH is 2. The highest BCUT2D eigenvalue weighted by atomic mass is 16.5. The van der Waals surface area contributed by atoms with Crippen LogP contribution in [0.4, 0.5) is 0 Å². The Hall–Kier alpha value is -1.17. The minimum Gasteiger partial charge on any atom is -0.394 e. The maximum absolute atomic E-state index is 11.5. The molecule has 84 valence electrons. The van der Waals surface area contributed by atoms with E-state index >= 15 is 0 Å². The highest BCUT2D eigenvalue weighted by Crippen LogP contribution is 2.11. The summed E-state index contributed by atoms with van der Waals surface area (Å²) in [5.74, 6) is -0.369. The molecule has 0 aromatic heterocycles. The zero-order valence-electron chi connectivity index (χ0n) is 8.26. The fourth-order valence-electron chi connectivity index (χ4n) is 1.27. The highest BCUT2D eigenvalue weighted by molar-refractivity contribution is 5.94. The third-order valence-electron chi connectivity index (χ3n) is 2.18. The Labute approximate surface area is 87.7 Å². The molecule has 5 nitrogen and oxygen atoms in total. The van der Waals surface area contributed by atoms with E-state index in [0.29, 0.717) is 12.0 Å². The van der Waals surface area contributed by atoms with Crippen molar-refractivity contribution in [1.29, 1.82) is 0 Å². The Bertz CT molecular complexity index is 283. The molecule has 0 radical (unpaired) electrons. The number of carbonyl (C=O) groups is 1. The summed E-state index contributed by atoms with van der Waals surface area (Å²) in [6, 6.07) is -1.04. The molecule has 1 atom stereocenters. The summed E-state index contributed by atoms with van der Waals surface area (Å²) >= 11 is 0. The largest absolute Gasteiger partial charge is 0.394 e. The van der Waals surface area contributed by atoms with Gasteiger partial charge < -0.3 is 20.6 Å². The van der Waals surface area contributed by atoms with Crippen LogP contribution in [0.5, 0.6) is 0 Å². The van der Waals surface area contributed by atoms with Crippen molar-refractivity contribution in [3.8, 4) is 0 Å². The van der Waals surface area contributed by atoms with Crippen molar-refractivity contribution in [2.45, 2.75) is 25.2 Å². The van der Waals surface area contributed by atoms with Gasteiger partial charge in [-0.05, 0) is 12.8 Å². The van der Waals surface area contributed by atoms with Crippen LogP contribution in [0.15, 0.2) is 23.8 Å². The third-order valence-corrected chi connectivity index (χ3v) is 2.18. The smallest absolute Gasteiger partial charge is 0.247 e. The van der Waals surface area contributed by atoms with Gasteiger partial charge in [0.25, 0.3) is 0 Å². The van der Waals surface area contributed by atoms with Crippen molar-refractivity contribution in [3.63, 3.8) is 0 Å². The number of aliphatic hydroxyl groups is 3. The molecule has 5 heteroatoms. The number of hydrogen-bond donors (Lipinski definition) is 4. The summed E-state index contributed by atoms with van der Waals surface area (Å²) in [6.45, 7) is -0.507. The van der Waals surface area contributed by atoms with Crippen LogP contribution in [0, 0.1) is 0 Å². The molecule has 1 aliphatic carbocycles. The van der Waals surface area contributed by atoms with Gasteiger partial charge in [-0.25, -0.2) is 0 Å². The number of nitrogens with one attached hydrogen (secondary N) is 1. The third kappa shape index (κ3) is 3.47. The lowest BCUT2D eigenvalue weighted by atomic mass is 10.0. The fourth-order valence-corrected chi connectivity index (χ4v) is 1.27. The SMILES string of the molecule is O=C(NC(CO)C(O)O)C1=CC=CCC1. The van der Waals surface area contributed by atoms with E-state index in [0.717, 1.165) is 6.42 Å². The number of amides is 1. The molecule has 1 aliphatic rings. The average molecular weight is 213 g/mol. The maximum Gasteiger partial charge on any atom is 0.247 e. The van der Waals surface area contributed by atoms with E-state index in [1.165, 1.54) is 0 Å². The van der Waals surface area contributed by atoms with E-state index in [-0.39, 0.29) is 5.91 Å². The van der Waals surface area contributed by atoms with E-state index in [1.54, 1.807) is 12.2 Å². The first-order chi connectivity index (χ1) is 7.15. The highest BCUT2D eigenvalue weighted by Gasteiger charge is 2.20. The van der Waals surface area contributed by atoms with Gasteiger partial charge in [-0.15, -0.1) is 0 Å². The predicted molar refractivity (Wildman–Crippen MR) is 53.7 cm³/mol. The zero-order chi connectivity index (χ0) is 11.3. The zero-order valence-corrected chi connectivity index (χ0v) is 8.26. The number of carbonyl (C=O) groups excluding carboxylic acids is 1. The number of allylic oxidation sites excluding steroid dienone is 3. The van der Waals surface area contributed by atoms with Crippen molar-refractivity contribution >= 4 is 5.91 Å². The van der Waals surface area contributed by atoms with Gasteiger partial charge in [0.2, 0.25) is 5.91 Å². The molecule has 0 aromatic rings. The van der Waals surface area contributed by atoms with Crippen LogP contribution in [-0.2, 0) is 4.79 Å². The first-order valence-corrected chi connectivity index (χ1v) is 4.78. The second-order valence-electron chi connectivity index (χ2n) is 3.33. The first kappa shape index (κ1) is 11.9. The Morgan fingerprint density at radius 2 is 2.27 bits per heavy atom. The molecule has 0 bridgehead atoms. The van der Waals surface area contributed by atoms with Crippen LogP contribution < -0.4 is 5.32 Å². The van der Waals surface area contributed by atoms with Gasteiger partial charge in [-0.3, -0.25) is 4.79 Å². The van der Waals surface area contributed by atoms with Crippen molar-refractivity contribution in [3.05, 3.63) is 23.8 Å². The molecule has 0 heterocycles. The molecule has 0 saturated carbocycles. The van der Waals surface area contributed by atoms with Crippen LogP contribution in [0.2, 0.25) is 0 Å². The number of rotatable bonds is 4. The Kier molecular flexibility index (Phi) is 4.48. The molecule has 1 amide bonds. The first-order valence-electron chi connectivity index (χ1n) is 4.78. The molecule has 0 saturated heterocycles. The van der Waals surface area contributed by atoms with Crippen molar-refractivity contribution in [1.82, 2.24) is 5.32 Å². The van der Waals surface area contributed by atoms with Crippen LogP contribution in [0.1, 0.15) is 12.8 Å². The van der Waals surface area contributed by atoms with Gasteiger partial charge in [0, 0.05) is 5.57 Å². The molecular formula is C10H15NO4. The minimum atomic E-state index is -1.75. The van der Waals surface area contributed by atoms with E-state index in [4.69, 9.17) is 15.3 Å².